The molecule has 0 N–H and O–H groups in total. The molecule has 2 rings (SSSR count). The maximum Gasteiger partial charge on any atom is -0.00653 e. The van der Waals surface area contributed by atoms with E-state index in [4.69, 9.17) is 0 Å². The number of rotatable bonds is 0. The number of fused-ring (bicyclic) bond motifs is 1. The van der Waals surface area contributed by atoms with Crippen LogP contribution in [0.4, 0.5) is 0 Å². The van der Waals surface area contributed by atoms with Gasteiger partial charge < -0.3 is 0 Å². The zero-order valence-corrected chi connectivity index (χ0v) is 9.16. The van der Waals surface area contributed by atoms with Crippen molar-refractivity contribution in [1.82, 2.24) is 0 Å². The predicted molar refractivity (Wildman–Crippen MR) is 57.7 cm³/mol. The van der Waals surface area contributed by atoms with Gasteiger partial charge in [-0.15, -0.1) is 0 Å². The van der Waals surface area contributed by atoms with Crippen molar-refractivity contribution in [2.45, 2.75) is 58.8 Å². The first-order valence-electron chi connectivity index (χ1n) is 5.77. The number of hydrogen-bond donors (Lipinski definition) is 0. The van der Waals surface area contributed by atoms with E-state index in [0.717, 1.165) is 0 Å². The summed E-state index contributed by atoms with van der Waals surface area (Å²) in [6.45, 7) is 9.28. The molecule has 0 bridgehead atoms. The average molecular weight is 178 g/mol. The van der Waals surface area contributed by atoms with E-state index in [1.807, 2.05) is 0 Å². The van der Waals surface area contributed by atoms with E-state index in [9.17, 15) is 0 Å². The summed E-state index contributed by atoms with van der Waals surface area (Å²) in [6.07, 6.45) is 9.79. The van der Waals surface area contributed by atoms with Gasteiger partial charge in [0.05, 0.1) is 0 Å². The Morgan fingerprint density at radius 1 is 1.00 bits per heavy atom. The van der Waals surface area contributed by atoms with Crippen molar-refractivity contribution in [2.24, 2.45) is 10.8 Å². The summed E-state index contributed by atoms with van der Waals surface area (Å²) in [6, 6.07) is 0. The van der Waals surface area contributed by atoms with Gasteiger partial charge in [-0.1, -0.05) is 38.8 Å². The van der Waals surface area contributed by atoms with Crippen molar-refractivity contribution < 1.29 is 0 Å². The molecule has 0 heteroatoms. The fraction of sp³-hybridized carbons (Fsp3) is 0.846. The Labute approximate surface area is 82.4 Å². The predicted octanol–water partition coefficient (Wildman–Crippen LogP) is 4.31. The van der Waals surface area contributed by atoms with Gasteiger partial charge in [-0.3, -0.25) is 0 Å². The third-order valence-corrected chi connectivity index (χ3v) is 4.97. The molecule has 0 aromatic heterocycles. The fourth-order valence-corrected chi connectivity index (χ4v) is 3.54. The smallest absolute Gasteiger partial charge is 0.00653 e. The molecule has 13 heavy (non-hydrogen) atoms. The maximum atomic E-state index is 4.32. The fourth-order valence-electron chi connectivity index (χ4n) is 3.54. The van der Waals surface area contributed by atoms with E-state index in [1.165, 1.54) is 44.9 Å². The first-order valence-corrected chi connectivity index (χ1v) is 5.77. The molecule has 0 amide bonds. The molecule has 0 radical (unpaired) electrons. The molecular weight excluding hydrogens is 156 g/mol. The van der Waals surface area contributed by atoms with Crippen LogP contribution >= 0.6 is 0 Å². The third kappa shape index (κ3) is 1.18. The number of hydrogen-bond acceptors (Lipinski definition) is 0. The quantitative estimate of drug-likeness (QED) is 0.485. The van der Waals surface area contributed by atoms with Crippen LogP contribution in [-0.2, 0) is 0 Å². The van der Waals surface area contributed by atoms with Crippen molar-refractivity contribution in [3.63, 3.8) is 0 Å². The highest BCUT2D eigenvalue weighted by Gasteiger charge is 2.48. The number of allylic oxidation sites excluding steroid dienone is 1. The van der Waals surface area contributed by atoms with E-state index in [2.05, 4.69) is 20.4 Å². The Balaban J connectivity index is 2.32. The zero-order chi connectivity index (χ0) is 9.53. The van der Waals surface area contributed by atoms with Gasteiger partial charge in [-0.25, -0.2) is 0 Å². The van der Waals surface area contributed by atoms with Gasteiger partial charge in [0.1, 0.15) is 0 Å². The molecule has 0 spiro atoms. The molecule has 0 heterocycles. The lowest BCUT2D eigenvalue weighted by Gasteiger charge is -2.54. The molecular formula is C13H22. The highest BCUT2D eigenvalue weighted by molar-refractivity contribution is 5.19. The van der Waals surface area contributed by atoms with Gasteiger partial charge >= 0.3 is 0 Å². The van der Waals surface area contributed by atoms with E-state index in [-0.39, 0.29) is 0 Å². The van der Waals surface area contributed by atoms with Gasteiger partial charge in [0.2, 0.25) is 0 Å². The van der Waals surface area contributed by atoms with E-state index >= 15 is 0 Å². The molecule has 0 aromatic rings. The molecule has 0 saturated heterocycles. The van der Waals surface area contributed by atoms with E-state index < -0.39 is 0 Å². The van der Waals surface area contributed by atoms with Crippen LogP contribution in [-0.4, -0.2) is 0 Å². The normalized spacial score (nSPS) is 45.8. The molecule has 0 nitrogen and oxygen atoms in total. The summed E-state index contributed by atoms with van der Waals surface area (Å²) in [5.41, 5.74) is 2.60. The second-order valence-corrected chi connectivity index (χ2v) is 5.56. The van der Waals surface area contributed by atoms with E-state index in [0.29, 0.717) is 10.8 Å². The van der Waals surface area contributed by atoms with Crippen molar-refractivity contribution >= 4 is 0 Å². The average Bonchev–Trinajstić information content (AvgIpc) is 2.09. The summed E-state index contributed by atoms with van der Waals surface area (Å²) in [4.78, 5) is 0. The summed E-state index contributed by atoms with van der Waals surface area (Å²) in [5.74, 6) is 0. The van der Waals surface area contributed by atoms with Gasteiger partial charge in [0.15, 0.2) is 0 Å². The summed E-state index contributed by atoms with van der Waals surface area (Å²) >= 11 is 0. The van der Waals surface area contributed by atoms with E-state index in [1.54, 1.807) is 5.57 Å². The van der Waals surface area contributed by atoms with Gasteiger partial charge in [-0.2, -0.15) is 0 Å². The second-order valence-electron chi connectivity index (χ2n) is 5.56. The van der Waals surface area contributed by atoms with Crippen LogP contribution in [0.3, 0.4) is 0 Å². The SMILES string of the molecule is C=C1CCC[C@@]2(C)CCCC[C@@]12C. The first kappa shape index (κ1) is 9.30. The zero-order valence-electron chi connectivity index (χ0n) is 9.16. The third-order valence-electron chi connectivity index (χ3n) is 4.97. The molecule has 2 atom stereocenters. The van der Waals surface area contributed by atoms with Crippen LogP contribution in [0.2, 0.25) is 0 Å². The molecule has 74 valence electrons. The lowest BCUT2D eigenvalue weighted by molar-refractivity contribution is 0.0184. The lowest BCUT2D eigenvalue weighted by atomic mass is 9.50. The van der Waals surface area contributed by atoms with Crippen molar-refractivity contribution in [3.8, 4) is 0 Å². The Kier molecular flexibility index (Phi) is 2.05. The Bertz CT molecular complexity index is 224. The molecule has 2 aliphatic rings. The van der Waals surface area contributed by atoms with Crippen LogP contribution in [0.5, 0.6) is 0 Å². The Morgan fingerprint density at radius 3 is 2.31 bits per heavy atom. The second kappa shape index (κ2) is 2.87. The molecule has 0 aliphatic heterocycles. The van der Waals surface area contributed by atoms with Crippen LogP contribution in [0.1, 0.15) is 58.8 Å². The van der Waals surface area contributed by atoms with Crippen LogP contribution in [0.25, 0.3) is 0 Å². The van der Waals surface area contributed by atoms with Crippen LogP contribution in [0.15, 0.2) is 12.2 Å². The highest BCUT2D eigenvalue weighted by atomic mass is 14.5. The largest absolute Gasteiger partial charge is 0.0993 e. The monoisotopic (exact) mass is 178 g/mol. The molecule has 2 saturated carbocycles. The minimum atomic E-state index is 0.476. The summed E-state index contributed by atoms with van der Waals surface area (Å²) in [5, 5.41) is 0. The molecule has 0 aromatic carbocycles. The van der Waals surface area contributed by atoms with Crippen molar-refractivity contribution in [3.05, 3.63) is 12.2 Å². The van der Waals surface area contributed by atoms with Gasteiger partial charge in [0.25, 0.3) is 0 Å². The first-order chi connectivity index (χ1) is 6.08. The standard InChI is InChI=1S/C13H22/c1-11-7-6-9-12(2)8-4-5-10-13(11,12)3/h1,4-10H2,2-3H3/t12-,13+/m1/s1. The van der Waals surface area contributed by atoms with Gasteiger partial charge in [0, 0.05) is 0 Å². The Morgan fingerprint density at radius 2 is 1.62 bits per heavy atom. The topological polar surface area (TPSA) is 0 Å². The van der Waals surface area contributed by atoms with Crippen molar-refractivity contribution in [1.29, 1.82) is 0 Å². The van der Waals surface area contributed by atoms with Crippen LogP contribution < -0.4 is 0 Å². The minimum absolute atomic E-state index is 0.476. The summed E-state index contributed by atoms with van der Waals surface area (Å²) in [7, 11) is 0. The lowest BCUT2D eigenvalue weighted by Crippen LogP contribution is -2.44. The molecule has 0 unspecified atom stereocenters. The molecule has 2 fully saturated rings. The Hall–Kier alpha value is -0.260. The molecule has 2 aliphatic carbocycles. The van der Waals surface area contributed by atoms with Crippen molar-refractivity contribution in [2.75, 3.05) is 0 Å². The van der Waals surface area contributed by atoms with Crippen LogP contribution in [0, 0.1) is 10.8 Å². The maximum absolute atomic E-state index is 4.32. The van der Waals surface area contributed by atoms with Gasteiger partial charge in [-0.05, 0) is 42.9 Å². The summed E-state index contributed by atoms with van der Waals surface area (Å²) < 4.78 is 0. The highest BCUT2D eigenvalue weighted by Crippen LogP contribution is 2.60. The minimum Gasteiger partial charge on any atom is -0.0993 e.